The molecule has 1 aliphatic heterocycles. The Balaban J connectivity index is 1.84. The normalized spacial score (nSPS) is 22.0. The Morgan fingerprint density at radius 3 is 2.82 bits per heavy atom. The summed E-state index contributed by atoms with van der Waals surface area (Å²) in [4.78, 5) is 0. The SMILES string of the molecule is FC1(F)Oc2cc[c]c(CC3CCCC3)c2O1. The zero-order valence-electron chi connectivity index (χ0n) is 9.34. The molecule has 1 fully saturated rings. The second-order valence-corrected chi connectivity index (χ2v) is 4.67. The summed E-state index contributed by atoms with van der Waals surface area (Å²) in [5, 5.41) is 0. The molecule has 1 aromatic rings. The van der Waals surface area contributed by atoms with Gasteiger partial charge in [-0.05, 0) is 24.5 Å². The molecule has 3 rings (SSSR count). The first-order chi connectivity index (χ1) is 8.14. The van der Waals surface area contributed by atoms with Crippen molar-refractivity contribution in [1.29, 1.82) is 0 Å². The van der Waals surface area contributed by atoms with Crippen LogP contribution in [0.2, 0.25) is 0 Å². The molecule has 0 atom stereocenters. The molecule has 2 nitrogen and oxygen atoms in total. The predicted octanol–water partition coefficient (Wildman–Crippen LogP) is 3.54. The van der Waals surface area contributed by atoms with Gasteiger partial charge in [0.2, 0.25) is 0 Å². The second kappa shape index (κ2) is 3.86. The summed E-state index contributed by atoms with van der Waals surface area (Å²) in [5.41, 5.74) is 0.714. The van der Waals surface area contributed by atoms with E-state index in [1.165, 1.54) is 18.9 Å². The minimum absolute atomic E-state index is 0.127. The largest absolute Gasteiger partial charge is 0.586 e. The van der Waals surface area contributed by atoms with Crippen LogP contribution in [0.15, 0.2) is 12.1 Å². The number of benzene rings is 1. The topological polar surface area (TPSA) is 18.5 Å². The van der Waals surface area contributed by atoms with Gasteiger partial charge in [0.1, 0.15) is 0 Å². The van der Waals surface area contributed by atoms with Crippen LogP contribution in [0.1, 0.15) is 31.2 Å². The molecule has 0 aromatic heterocycles. The first kappa shape index (κ1) is 10.8. The van der Waals surface area contributed by atoms with E-state index in [9.17, 15) is 8.78 Å². The van der Waals surface area contributed by atoms with Crippen LogP contribution in [-0.2, 0) is 6.42 Å². The van der Waals surface area contributed by atoms with Crippen LogP contribution in [0, 0.1) is 12.0 Å². The summed E-state index contributed by atoms with van der Waals surface area (Å²) in [7, 11) is 0. The lowest BCUT2D eigenvalue weighted by atomic mass is 9.97. The highest BCUT2D eigenvalue weighted by molar-refractivity contribution is 5.48. The van der Waals surface area contributed by atoms with Crippen LogP contribution in [-0.4, -0.2) is 6.29 Å². The maximum atomic E-state index is 13.0. The Kier molecular flexibility index (Phi) is 2.45. The van der Waals surface area contributed by atoms with Crippen molar-refractivity contribution >= 4 is 0 Å². The van der Waals surface area contributed by atoms with E-state index >= 15 is 0 Å². The molecule has 2 aliphatic rings. The predicted molar refractivity (Wildman–Crippen MR) is 57.1 cm³/mol. The van der Waals surface area contributed by atoms with Gasteiger partial charge in [-0.3, -0.25) is 0 Å². The molecular formula is C13H13F2O2. The standard InChI is InChI=1S/C13H13F2O2/c14-13(15)16-11-7-3-6-10(12(11)17-13)8-9-4-1-2-5-9/h3,7,9H,1-2,4-5,8H2. The number of fused-ring (bicyclic) bond motifs is 1. The van der Waals surface area contributed by atoms with E-state index in [4.69, 9.17) is 0 Å². The van der Waals surface area contributed by atoms with E-state index in [2.05, 4.69) is 15.5 Å². The molecule has 0 spiro atoms. The zero-order chi connectivity index (χ0) is 11.9. The van der Waals surface area contributed by atoms with E-state index in [0.717, 1.165) is 19.3 Å². The average molecular weight is 239 g/mol. The summed E-state index contributed by atoms with van der Waals surface area (Å²) in [6.07, 6.45) is 2.01. The summed E-state index contributed by atoms with van der Waals surface area (Å²) in [6.45, 7) is 0. The number of alkyl halides is 2. The summed E-state index contributed by atoms with van der Waals surface area (Å²) in [5.74, 6) is 0.863. The molecule has 1 aromatic carbocycles. The molecule has 0 saturated heterocycles. The first-order valence-electron chi connectivity index (χ1n) is 5.93. The third kappa shape index (κ3) is 2.08. The number of rotatable bonds is 2. The fourth-order valence-corrected chi connectivity index (χ4v) is 2.62. The van der Waals surface area contributed by atoms with Gasteiger partial charge in [0.25, 0.3) is 0 Å². The van der Waals surface area contributed by atoms with Crippen molar-refractivity contribution in [2.45, 2.75) is 38.4 Å². The van der Waals surface area contributed by atoms with Crippen molar-refractivity contribution in [3.8, 4) is 11.5 Å². The van der Waals surface area contributed by atoms with Crippen molar-refractivity contribution < 1.29 is 18.3 Å². The Morgan fingerprint density at radius 1 is 1.29 bits per heavy atom. The van der Waals surface area contributed by atoms with Gasteiger partial charge in [0.05, 0.1) is 0 Å². The second-order valence-electron chi connectivity index (χ2n) is 4.67. The molecule has 1 heterocycles. The van der Waals surface area contributed by atoms with Crippen LogP contribution >= 0.6 is 0 Å². The third-order valence-corrected chi connectivity index (χ3v) is 3.41. The van der Waals surface area contributed by atoms with Crippen LogP contribution in [0.25, 0.3) is 0 Å². The fourth-order valence-electron chi connectivity index (χ4n) is 2.62. The number of halogens is 2. The molecule has 1 radical (unpaired) electrons. The summed E-state index contributed by atoms with van der Waals surface area (Å²) >= 11 is 0. The molecule has 4 heteroatoms. The lowest BCUT2D eigenvalue weighted by Gasteiger charge is -2.10. The summed E-state index contributed by atoms with van der Waals surface area (Å²) in [6, 6.07) is 6.08. The van der Waals surface area contributed by atoms with Gasteiger partial charge in [-0.15, -0.1) is 8.78 Å². The molecule has 17 heavy (non-hydrogen) atoms. The Labute approximate surface area is 98.5 Å². The summed E-state index contributed by atoms with van der Waals surface area (Å²) < 4.78 is 34.9. The average Bonchev–Trinajstić information content (AvgIpc) is 2.84. The van der Waals surface area contributed by atoms with E-state index in [0.29, 0.717) is 11.5 Å². The van der Waals surface area contributed by atoms with Crippen molar-refractivity contribution in [1.82, 2.24) is 0 Å². The third-order valence-electron chi connectivity index (χ3n) is 3.41. The highest BCUT2D eigenvalue weighted by atomic mass is 19.3. The zero-order valence-corrected chi connectivity index (χ0v) is 9.34. The van der Waals surface area contributed by atoms with Crippen molar-refractivity contribution in [3.05, 3.63) is 23.8 Å². The monoisotopic (exact) mass is 239 g/mol. The number of ether oxygens (including phenoxy) is 2. The van der Waals surface area contributed by atoms with Gasteiger partial charge in [-0.25, -0.2) is 0 Å². The number of hydrogen-bond donors (Lipinski definition) is 0. The van der Waals surface area contributed by atoms with E-state index in [1.807, 2.05) is 0 Å². The van der Waals surface area contributed by atoms with E-state index in [1.54, 1.807) is 6.07 Å². The van der Waals surface area contributed by atoms with E-state index in [-0.39, 0.29) is 11.5 Å². The Morgan fingerprint density at radius 2 is 2.06 bits per heavy atom. The molecule has 0 amide bonds. The molecule has 0 bridgehead atoms. The fraction of sp³-hybridized carbons (Fsp3) is 0.538. The molecule has 0 N–H and O–H groups in total. The van der Waals surface area contributed by atoms with Gasteiger partial charge in [-0.1, -0.05) is 31.7 Å². The van der Waals surface area contributed by atoms with Crippen molar-refractivity contribution in [2.24, 2.45) is 5.92 Å². The molecular weight excluding hydrogens is 226 g/mol. The van der Waals surface area contributed by atoms with Crippen molar-refractivity contribution in [3.63, 3.8) is 0 Å². The van der Waals surface area contributed by atoms with Crippen LogP contribution in [0.3, 0.4) is 0 Å². The molecule has 1 aliphatic carbocycles. The highest BCUT2D eigenvalue weighted by Crippen LogP contribution is 2.44. The first-order valence-corrected chi connectivity index (χ1v) is 5.93. The van der Waals surface area contributed by atoms with Crippen molar-refractivity contribution in [2.75, 3.05) is 0 Å². The smallest absolute Gasteiger partial charge is 0.395 e. The van der Waals surface area contributed by atoms with Gasteiger partial charge in [-0.2, -0.15) is 0 Å². The molecule has 1 saturated carbocycles. The Hall–Kier alpha value is -1.32. The quantitative estimate of drug-likeness (QED) is 0.785. The van der Waals surface area contributed by atoms with Gasteiger partial charge in [0.15, 0.2) is 11.5 Å². The van der Waals surface area contributed by atoms with Crippen LogP contribution in [0.4, 0.5) is 8.78 Å². The maximum Gasteiger partial charge on any atom is 0.586 e. The minimum Gasteiger partial charge on any atom is -0.395 e. The van der Waals surface area contributed by atoms with Gasteiger partial charge in [0, 0.05) is 5.56 Å². The maximum absolute atomic E-state index is 13.0. The molecule has 91 valence electrons. The van der Waals surface area contributed by atoms with Crippen LogP contribution in [0.5, 0.6) is 11.5 Å². The minimum atomic E-state index is -3.53. The van der Waals surface area contributed by atoms with Gasteiger partial charge < -0.3 is 9.47 Å². The van der Waals surface area contributed by atoms with Gasteiger partial charge >= 0.3 is 6.29 Å². The lowest BCUT2D eigenvalue weighted by Crippen LogP contribution is -2.26. The lowest BCUT2D eigenvalue weighted by molar-refractivity contribution is -0.287. The van der Waals surface area contributed by atoms with E-state index < -0.39 is 6.29 Å². The molecule has 0 unspecified atom stereocenters. The highest BCUT2D eigenvalue weighted by Gasteiger charge is 2.44. The Bertz CT molecular complexity index is 425. The van der Waals surface area contributed by atoms with Crippen LogP contribution < -0.4 is 9.47 Å². The number of hydrogen-bond acceptors (Lipinski definition) is 2.